The highest BCUT2D eigenvalue weighted by Crippen LogP contribution is 2.35. The fourth-order valence-electron chi connectivity index (χ4n) is 2.35. The number of amides is 1. The lowest BCUT2D eigenvalue weighted by Crippen LogP contribution is -2.30. The van der Waals surface area contributed by atoms with Crippen LogP contribution >= 0.6 is 27.5 Å². The Labute approximate surface area is 134 Å². The zero-order valence-corrected chi connectivity index (χ0v) is 13.3. The number of nitrogens with zero attached hydrogens (tertiary/aromatic N) is 3. The predicted molar refractivity (Wildman–Crippen MR) is 81.4 cm³/mol. The zero-order valence-electron chi connectivity index (χ0n) is 10.9. The highest BCUT2D eigenvalue weighted by atomic mass is 79.9. The summed E-state index contributed by atoms with van der Waals surface area (Å²) in [4.78, 5) is 25.7. The van der Waals surface area contributed by atoms with Crippen molar-refractivity contribution in [2.75, 3.05) is 4.90 Å². The van der Waals surface area contributed by atoms with Gasteiger partial charge in [0.15, 0.2) is 5.15 Å². The van der Waals surface area contributed by atoms with Gasteiger partial charge in [0.1, 0.15) is 0 Å². The van der Waals surface area contributed by atoms with E-state index in [1.54, 1.807) is 18.2 Å². The standard InChI is InChI=1S/C14H9BrClN3O2/c1-7-4-8(15)5-10-12(7)19(14(21)13(10)20)6-9-2-3-11(16)18-17-9/h2-5H,6H2,1H3. The minimum absolute atomic E-state index is 0.185. The molecule has 1 aromatic carbocycles. The van der Waals surface area contributed by atoms with Gasteiger partial charge in [0.25, 0.3) is 11.7 Å². The van der Waals surface area contributed by atoms with Gasteiger partial charge in [-0.1, -0.05) is 27.5 Å². The number of rotatable bonds is 2. The first-order valence-electron chi connectivity index (χ1n) is 6.12. The van der Waals surface area contributed by atoms with Crippen LogP contribution < -0.4 is 4.90 Å². The maximum absolute atomic E-state index is 12.2. The van der Waals surface area contributed by atoms with Crippen LogP contribution in [0.3, 0.4) is 0 Å². The van der Waals surface area contributed by atoms with Crippen LogP contribution in [0.4, 0.5) is 5.69 Å². The van der Waals surface area contributed by atoms with Gasteiger partial charge in [0.05, 0.1) is 23.5 Å². The maximum atomic E-state index is 12.2. The van der Waals surface area contributed by atoms with E-state index in [0.29, 0.717) is 16.9 Å². The average Bonchev–Trinajstić information content (AvgIpc) is 2.67. The van der Waals surface area contributed by atoms with Crippen LogP contribution in [0.2, 0.25) is 5.15 Å². The van der Waals surface area contributed by atoms with E-state index in [0.717, 1.165) is 10.0 Å². The second-order valence-corrected chi connectivity index (χ2v) is 5.99. The Morgan fingerprint density at radius 1 is 1.24 bits per heavy atom. The molecule has 1 aliphatic heterocycles. The van der Waals surface area contributed by atoms with Gasteiger partial charge in [-0.3, -0.25) is 14.5 Å². The van der Waals surface area contributed by atoms with E-state index in [1.807, 2.05) is 13.0 Å². The van der Waals surface area contributed by atoms with Crippen LogP contribution in [0.1, 0.15) is 21.6 Å². The van der Waals surface area contributed by atoms with E-state index in [-0.39, 0.29) is 11.7 Å². The Balaban J connectivity index is 2.03. The molecule has 3 rings (SSSR count). The van der Waals surface area contributed by atoms with E-state index in [9.17, 15) is 9.59 Å². The van der Waals surface area contributed by atoms with Crippen molar-refractivity contribution in [1.82, 2.24) is 10.2 Å². The van der Waals surface area contributed by atoms with Gasteiger partial charge in [-0.05, 0) is 36.8 Å². The van der Waals surface area contributed by atoms with Crippen molar-refractivity contribution < 1.29 is 9.59 Å². The molecule has 0 saturated heterocycles. The number of hydrogen-bond donors (Lipinski definition) is 0. The molecule has 0 atom stereocenters. The van der Waals surface area contributed by atoms with Gasteiger partial charge < -0.3 is 0 Å². The SMILES string of the molecule is Cc1cc(Br)cc2c1N(Cc1ccc(Cl)nn1)C(=O)C2=O. The quantitative estimate of drug-likeness (QED) is 0.767. The second-order valence-electron chi connectivity index (χ2n) is 4.69. The molecule has 0 N–H and O–H groups in total. The third-order valence-corrected chi connectivity index (χ3v) is 3.89. The summed E-state index contributed by atoms with van der Waals surface area (Å²) in [6.07, 6.45) is 0. The van der Waals surface area contributed by atoms with Crippen LogP contribution in [0.15, 0.2) is 28.7 Å². The van der Waals surface area contributed by atoms with Crippen molar-refractivity contribution in [2.24, 2.45) is 0 Å². The van der Waals surface area contributed by atoms with Gasteiger partial charge in [-0.25, -0.2) is 0 Å². The summed E-state index contributed by atoms with van der Waals surface area (Å²) in [5.41, 5.74) is 2.45. The lowest BCUT2D eigenvalue weighted by molar-refractivity contribution is -0.114. The molecule has 0 fully saturated rings. The molecule has 0 aliphatic carbocycles. The fourth-order valence-corrected chi connectivity index (χ4v) is 3.02. The molecule has 2 aromatic rings. The summed E-state index contributed by atoms with van der Waals surface area (Å²) in [5, 5.41) is 7.95. The number of aromatic nitrogens is 2. The minimum atomic E-state index is -0.553. The first-order chi connectivity index (χ1) is 9.97. The number of hydrogen-bond acceptors (Lipinski definition) is 4. The first kappa shape index (κ1) is 14.2. The molecule has 0 bridgehead atoms. The first-order valence-corrected chi connectivity index (χ1v) is 7.29. The molecular weight excluding hydrogens is 358 g/mol. The average molecular weight is 367 g/mol. The van der Waals surface area contributed by atoms with Gasteiger partial charge in [0.2, 0.25) is 0 Å². The van der Waals surface area contributed by atoms with E-state index in [2.05, 4.69) is 26.1 Å². The molecule has 1 aliphatic rings. The largest absolute Gasteiger partial charge is 0.299 e. The summed E-state index contributed by atoms with van der Waals surface area (Å²) >= 11 is 9.03. The van der Waals surface area contributed by atoms with Crippen molar-refractivity contribution in [3.05, 3.63) is 50.7 Å². The molecule has 21 heavy (non-hydrogen) atoms. The smallest absolute Gasteiger partial charge is 0.298 e. The zero-order chi connectivity index (χ0) is 15.1. The van der Waals surface area contributed by atoms with Gasteiger partial charge in [-0.15, -0.1) is 5.10 Å². The number of benzene rings is 1. The van der Waals surface area contributed by atoms with Gasteiger partial charge >= 0.3 is 0 Å². The molecule has 0 saturated carbocycles. The topological polar surface area (TPSA) is 63.2 Å². The maximum Gasteiger partial charge on any atom is 0.299 e. The van der Waals surface area contributed by atoms with Gasteiger partial charge in [-0.2, -0.15) is 5.10 Å². The Morgan fingerprint density at radius 2 is 2.00 bits per heavy atom. The summed E-state index contributed by atoms with van der Waals surface area (Å²) < 4.78 is 0.771. The number of aryl methyl sites for hydroxylation is 1. The Kier molecular flexibility index (Phi) is 3.51. The number of fused-ring (bicyclic) bond motifs is 1. The molecule has 0 radical (unpaired) electrons. The highest BCUT2D eigenvalue weighted by molar-refractivity contribution is 9.10. The monoisotopic (exact) mass is 365 g/mol. The molecule has 106 valence electrons. The third-order valence-electron chi connectivity index (χ3n) is 3.23. The summed E-state index contributed by atoms with van der Waals surface area (Å²) in [7, 11) is 0. The lowest BCUT2D eigenvalue weighted by Gasteiger charge is -2.17. The van der Waals surface area contributed by atoms with Crippen LogP contribution in [-0.4, -0.2) is 21.9 Å². The lowest BCUT2D eigenvalue weighted by atomic mass is 10.1. The number of ketones is 1. The molecule has 0 unspecified atom stereocenters. The minimum Gasteiger partial charge on any atom is -0.298 e. The summed E-state index contributed by atoms with van der Waals surface area (Å²) in [5.74, 6) is -1.06. The van der Waals surface area contributed by atoms with Crippen LogP contribution in [0.25, 0.3) is 0 Å². The normalized spacial score (nSPS) is 13.8. The molecule has 0 spiro atoms. The van der Waals surface area contributed by atoms with Crippen molar-refractivity contribution in [3.8, 4) is 0 Å². The van der Waals surface area contributed by atoms with E-state index in [1.165, 1.54) is 4.90 Å². The van der Waals surface area contributed by atoms with Crippen LogP contribution in [0, 0.1) is 6.92 Å². The van der Waals surface area contributed by atoms with Crippen LogP contribution in [-0.2, 0) is 11.3 Å². The van der Waals surface area contributed by atoms with Crippen molar-refractivity contribution >= 4 is 44.9 Å². The number of carbonyl (C=O) groups is 2. The van der Waals surface area contributed by atoms with E-state index in [4.69, 9.17) is 11.6 Å². The number of anilines is 1. The molecule has 5 nitrogen and oxygen atoms in total. The Bertz CT molecular complexity index is 762. The predicted octanol–water partition coefficient (Wildman–Crippen LogP) is 2.93. The third kappa shape index (κ3) is 2.45. The van der Waals surface area contributed by atoms with Crippen molar-refractivity contribution in [2.45, 2.75) is 13.5 Å². The van der Waals surface area contributed by atoms with Crippen molar-refractivity contribution in [3.63, 3.8) is 0 Å². The Hall–Kier alpha value is -1.79. The summed E-state index contributed by atoms with van der Waals surface area (Å²) in [6.45, 7) is 2.04. The number of Topliss-reactive ketones (excluding diaryl/α,β-unsaturated/α-hetero) is 1. The number of carbonyl (C=O) groups excluding carboxylic acids is 2. The highest BCUT2D eigenvalue weighted by Gasteiger charge is 2.37. The molecule has 1 aromatic heterocycles. The molecule has 1 amide bonds. The fraction of sp³-hybridized carbons (Fsp3) is 0.143. The van der Waals surface area contributed by atoms with E-state index < -0.39 is 11.7 Å². The summed E-state index contributed by atoms with van der Waals surface area (Å²) in [6, 6.07) is 6.81. The second kappa shape index (κ2) is 5.20. The van der Waals surface area contributed by atoms with Crippen molar-refractivity contribution in [1.29, 1.82) is 0 Å². The van der Waals surface area contributed by atoms with Crippen LogP contribution in [0.5, 0.6) is 0 Å². The van der Waals surface area contributed by atoms with Gasteiger partial charge in [0, 0.05) is 4.47 Å². The molecular formula is C14H9BrClN3O2. The molecule has 2 heterocycles. The van der Waals surface area contributed by atoms with E-state index >= 15 is 0 Å². The Morgan fingerprint density at radius 3 is 2.67 bits per heavy atom. The molecule has 7 heteroatoms. The number of halogens is 2.